The summed E-state index contributed by atoms with van der Waals surface area (Å²) in [5, 5.41) is 5.57. The van der Waals surface area contributed by atoms with Crippen LogP contribution in [0, 0.1) is 0 Å². The highest BCUT2D eigenvalue weighted by Crippen LogP contribution is 2.24. The minimum Gasteiger partial charge on any atom is -0.377 e. The zero-order valence-corrected chi connectivity index (χ0v) is 16.3. The van der Waals surface area contributed by atoms with E-state index in [4.69, 9.17) is 23.2 Å². The molecular formula is C19H21Cl2N3O2. The van der Waals surface area contributed by atoms with Crippen LogP contribution in [0.5, 0.6) is 0 Å². The topological polar surface area (TPSA) is 61.4 Å². The van der Waals surface area contributed by atoms with Gasteiger partial charge in [0.15, 0.2) is 4.84 Å². The molecule has 2 amide bonds. The van der Waals surface area contributed by atoms with Crippen LogP contribution < -0.4 is 15.5 Å². The normalized spacial score (nSPS) is 11.8. The number of alkyl halides is 2. The van der Waals surface area contributed by atoms with E-state index in [1.165, 1.54) is 0 Å². The fourth-order valence-electron chi connectivity index (χ4n) is 2.48. The summed E-state index contributed by atoms with van der Waals surface area (Å²) in [6, 6.07) is 14.6. The summed E-state index contributed by atoms with van der Waals surface area (Å²) >= 11 is 11.1. The summed E-state index contributed by atoms with van der Waals surface area (Å²) in [5.74, 6) is -0.788. The van der Waals surface area contributed by atoms with Gasteiger partial charge < -0.3 is 15.5 Å². The lowest BCUT2D eigenvalue weighted by Gasteiger charge is -2.20. The summed E-state index contributed by atoms with van der Waals surface area (Å²) < 4.78 is 0. The van der Waals surface area contributed by atoms with Crippen LogP contribution in [-0.4, -0.2) is 30.7 Å². The fraction of sp³-hybridized carbons (Fsp3) is 0.263. The molecule has 0 aliphatic rings. The fourth-order valence-corrected chi connectivity index (χ4v) is 2.59. The molecule has 0 aromatic heterocycles. The highest BCUT2D eigenvalue weighted by atomic mass is 35.5. The highest BCUT2D eigenvalue weighted by molar-refractivity contribution is 6.54. The van der Waals surface area contributed by atoms with E-state index in [0.29, 0.717) is 11.3 Å². The number of carbonyl (C=O) groups excluding carboxylic acids is 2. The van der Waals surface area contributed by atoms with Gasteiger partial charge in [-0.15, -0.1) is 0 Å². The van der Waals surface area contributed by atoms with Crippen LogP contribution in [-0.2, 0) is 4.79 Å². The van der Waals surface area contributed by atoms with E-state index in [0.717, 1.165) is 11.3 Å². The molecule has 26 heavy (non-hydrogen) atoms. The Hall–Kier alpha value is -2.24. The molecule has 0 spiro atoms. The SMILES string of the molecule is C[C@@H](NC(=O)c1cc(NC(=O)C(Cl)Cl)ccc1N(C)C)c1ccccc1. The van der Waals surface area contributed by atoms with E-state index in [1.807, 2.05) is 56.3 Å². The van der Waals surface area contributed by atoms with E-state index in [9.17, 15) is 9.59 Å². The minimum absolute atomic E-state index is 0.160. The Bertz CT molecular complexity index is 780. The summed E-state index contributed by atoms with van der Waals surface area (Å²) in [5.41, 5.74) is 2.62. The van der Waals surface area contributed by atoms with Gasteiger partial charge in [0.05, 0.1) is 11.6 Å². The predicted octanol–water partition coefficient (Wildman–Crippen LogP) is 3.99. The molecule has 2 aromatic rings. The number of anilines is 2. The molecule has 0 saturated carbocycles. The van der Waals surface area contributed by atoms with Crippen LogP contribution in [0.2, 0.25) is 0 Å². The first kappa shape index (κ1) is 20.1. The van der Waals surface area contributed by atoms with Crippen LogP contribution in [0.25, 0.3) is 0 Å². The average molecular weight is 394 g/mol. The first-order valence-electron chi connectivity index (χ1n) is 8.05. The van der Waals surface area contributed by atoms with Crippen molar-refractivity contribution in [3.05, 3.63) is 59.7 Å². The lowest BCUT2D eigenvalue weighted by atomic mass is 10.1. The molecule has 0 bridgehead atoms. The summed E-state index contributed by atoms with van der Waals surface area (Å²) in [6.45, 7) is 1.92. The predicted molar refractivity (Wildman–Crippen MR) is 107 cm³/mol. The van der Waals surface area contributed by atoms with Crippen LogP contribution in [0.4, 0.5) is 11.4 Å². The zero-order valence-electron chi connectivity index (χ0n) is 14.8. The number of nitrogens with zero attached hydrogens (tertiary/aromatic N) is 1. The lowest BCUT2D eigenvalue weighted by Crippen LogP contribution is -2.28. The Morgan fingerprint density at radius 1 is 1.04 bits per heavy atom. The van der Waals surface area contributed by atoms with Crippen molar-refractivity contribution in [2.24, 2.45) is 0 Å². The molecule has 0 aliphatic carbocycles. The van der Waals surface area contributed by atoms with Crippen molar-refractivity contribution in [3.63, 3.8) is 0 Å². The van der Waals surface area contributed by atoms with Crippen molar-refractivity contribution in [2.45, 2.75) is 17.8 Å². The van der Waals surface area contributed by atoms with Gasteiger partial charge in [-0.25, -0.2) is 0 Å². The number of carbonyl (C=O) groups is 2. The molecule has 0 heterocycles. The number of hydrogen-bond acceptors (Lipinski definition) is 3. The van der Waals surface area contributed by atoms with E-state index in [-0.39, 0.29) is 11.9 Å². The number of rotatable bonds is 6. The number of hydrogen-bond donors (Lipinski definition) is 2. The third-order valence-electron chi connectivity index (χ3n) is 3.84. The van der Waals surface area contributed by atoms with Gasteiger partial charge in [-0.2, -0.15) is 0 Å². The van der Waals surface area contributed by atoms with E-state index in [2.05, 4.69) is 10.6 Å². The smallest absolute Gasteiger partial charge is 0.257 e. The van der Waals surface area contributed by atoms with Crippen molar-refractivity contribution in [2.75, 3.05) is 24.3 Å². The molecular weight excluding hydrogens is 373 g/mol. The van der Waals surface area contributed by atoms with Gasteiger partial charge in [-0.3, -0.25) is 9.59 Å². The minimum atomic E-state index is -1.18. The van der Waals surface area contributed by atoms with Gasteiger partial charge in [-0.05, 0) is 30.7 Å². The van der Waals surface area contributed by atoms with Crippen LogP contribution >= 0.6 is 23.2 Å². The molecule has 7 heteroatoms. The number of nitrogens with one attached hydrogen (secondary N) is 2. The van der Waals surface area contributed by atoms with Gasteiger partial charge in [-0.1, -0.05) is 53.5 Å². The Balaban J connectivity index is 2.26. The molecule has 1 atom stereocenters. The van der Waals surface area contributed by atoms with Crippen molar-refractivity contribution in [3.8, 4) is 0 Å². The van der Waals surface area contributed by atoms with Gasteiger partial charge in [0.2, 0.25) is 0 Å². The molecule has 138 valence electrons. The van der Waals surface area contributed by atoms with Gasteiger partial charge >= 0.3 is 0 Å². The van der Waals surface area contributed by atoms with Crippen molar-refractivity contribution in [1.29, 1.82) is 0 Å². The van der Waals surface area contributed by atoms with E-state index in [1.54, 1.807) is 18.2 Å². The Labute approximate surface area is 163 Å². The van der Waals surface area contributed by atoms with Crippen molar-refractivity contribution >= 4 is 46.4 Å². The lowest BCUT2D eigenvalue weighted by molar-refractivity contribution is -0.114. The largest absolute Gasteiger partial charge is 0.377 e. The summed E-state index contributed by atoms with van der Waals surface area (Å²) in [6.07, 6.45) is 0. The molecule has 0 unspecified atom stereocenters. The average Bonchev–Trinajstić information content (AvgIpc) is 2.61. The maximum absolute atomic E-state index is 12.8. The molecule has 2 N–H and O–H groups in total. The molecule has 5 nitrogen and oxygen atoms in total. The highest BCUT2D eigenvalue weighted by Gasteiger charge is 2.18. The molecule has 0 saturated heterocycles. The summed E-state index contributed by atoms with van der Waals surface area (Å²) in [4.78, 5) is 25.2. The zero-order chi connectivity index (χ0) is 19.3. The second-order valence-electron chi connectivity index (χ2n) is 6.02. The van der Waals surface area contributed by atoms with Crippen molar-refractivity contribution < 1.29 is 9.59 Å². The molecule has 0 radical (unpaired) electrons. The molecule has 0 fully saturated rings. The number of amides is 2. The maximum atomic E-state index is 12.8. The number of benzene rings is 2. The van der Waals surface area contributed by atoms with Gasteiger partial charge in [0.1, 0.15) is 0 Å². The first-order chi connectivity index (χ1) is 12.3. The third-order valence-corrected chi connectivity index (χ3v) is 4.23. The van der Waals surface area contributed by atoms with Crippen LogP contribution in [0.1, 0.15) is 28.9 Å². The van der Waals surface area contributed by atoms with E-state index >= 15 is 0 Å². The van der Waals surface area contributed by atoms with Gasteiger partial charge in [0, 0.05) is 25.5 Å². The monoisotopic (exact) mass is 393 g/mol. The van der Waals surface area contributed by atoms with Gasteiger partial charge in [0.25, 0.3) is 11.8 Å². The standard InChI is InChI=1S/C19H21Cl2N3O2/c1-12(13-7-5-4-6-8-13)22-18(25)15-11-14(23-19(26)17(20)21)9-10-16(15)24(2)3/h4-12,17H,1-3H3,(H,22,25)(H,23,26)/t12-/m1/s1. The molecule has 0 aliphatic heterocycles. The quantitative estimate of drug-likeness (QED) is 0.729. The summed E-state index contributed by atoms with van der Waals surface area (Å²) in [7, 11) is 3.69. The number of halogens is 2. The Morgan fingerprint density at radius 3 is 2.27 bits per heavy atom. The Morgan fingerprint density at radius 2 is 1.69 bits per heavy atom. The van der Waals surface area contributed by atoms with Crippen molar-refractivity contribution in [1.82, 2.24) is 5.32 Å². The van der Waals surface area contributed by atoms with E-state index < -0.39 is 10.7 Å². The van der Waals surface area contributed by atoms with Crippen LogP contribution in [0.3, 0.4) is 0 Å². The molecule has 2 rings (SSSR count). The molecule has 2 aromatic carbocycles. The second-order valence-corrected chi connectivity index (χ2v) is 7.12. The van der Waals surface area contributed by atoms with Crippen LogP contribution in [0.15, 0.2) is 48.5 Å². The second kappa shape index (κ2) is 8.92. The first-order valence-corrected chi connectivity index (χ1v) is 8.93. The maximum Gasteiger partial charge on any atom is 0.257 e. The Kier molecular flexibility index (Phi) is 6.89. The third kappa shape index (κ3) is 5.13.